The number of hydrogen-bond acceptors (Lipinski definition) is 5. The van der Waals surface area contributed by atoms with Crippen LogP contribution in [-0.2, 0) is 16.1 Å². The Hall–Kier alpha value is -3.15. The van der Waals surface area contributed by atoms with Crippen LogP contribution in [0.2, 0.25) is 0 Å². The molecule has 27 heavy (non-hydrogen) atoms. The monoisotopic (exact) mass is 361 g/mol. The van der Waals surface area contributed by atoms with Gasteiger partial charge in [0.25, 0.3) is 5.56 Å². The van der Waals surface area contributed by atoms with Crippen molar-refractivity contribution in [3.8, 4) is 0 Å². The van der Waals surface area contributed by atoms with Crippen LogP contribution in [0.4, 0.5) is 0 Å². The Balaban J connectivity index is 1.41. The highest BCUT2D eigenvalue weighted by Gasteiger charge is 2.34. The number of cyclic esters (lactones) is 1. The van der Waals surface area contributed by atoms with Crippen LogP contribution in [0.1, 0.15) is 23.6 Å². The fourth-order valence-electron chi connectivity index (χ4n) is 4.32. The first kappa shape index (κ1) is 16.1. The summed E-state index contributed by atoms with van der Waals surface area (Å²) in [7, 11) is 0. The first-order chi connectivity index (χ1) is 13.2. The Kier molecular flexibility index (Phi) is 3.70. The maximum absolute atomic E-state index is 12.2. The summed E-state index contributed by atoms with van der Waals surface area (Å²) in [5, 5.41) is 0. The summed E-state index contributed by atoms with van der Waals surface area (Å²) in [5.74, 6) is 0.614. The predicted octanol–water partition coefficient (Wildman–Crippen LogP) is 2.11. The predicted molar refractivity (Wildman–Crippen MR) is 100 cm³/mol. The van der Waals surface area contributed by atoms with Gasteiger partial charge >= 0.3 is 5.97 Å². The molecule has 136 valence electrons. The Labute approximate surface area is 156 Å². The fraction of sp³-hybridized carbons (Fsp3) is 0.286. The molecule has 0 aliphatic carbocycles. The smallest absolute Gasteiger partial charge is 0.365 e. The standard InChI is InChI=1S/C21H19N3O3/c25-19-8-4-7-18-16-9-14(11-24(18)19)10-23(12-16)13-17-21(26)27-20(22-17)15-5-2-1-3-6-15/h1-8,13-14,16H,9-12H2/b17-13-. The highest BCUT2D eigenvalue weighted by molar-refractivity contribution is 6.11. The number of nitrogens with zero attached hydrogens (tertiary/aromatic N) is 3. The zero-order valence-electron chi connectivity index (χ0n) is 14.7. The Morgan fingerprint density at radius 2 is 1.85 bits per heavy atom. The van der Waals surface area contributed by atoms with Crippen molar-refractivity contribution in [1.29, 1.82) is 0 Å². The molecule has 4 heterocycles. The number of esters is 1. The molecule has 6 nitrogen and oxygen atoms in total. The van der Waals surface area contributed by atoms with Gasteiger partial charge in [-0.1, -0.05) is 24.3 Å². The molecule has 1 fully saturated rings. The lowest BCUT2D eigenvalue weighted by Crippen LogP contribution is -2.45. The maximum atomic E-state index is 12.2. The number of carbonyl (C=O) groups excluding carboxylic acids is 1. The lowest BCUT2D eigenvalue weighted by atomic mass is 9.83. The van der Waals surface area contributed by atoms with Crippen molar-refractivity contribution < 1.29 is 9.53 Å². The van der Waals surface area contributed by atoms with Gasteiger partial charge in [-0.25, -0.2) is 9.79 Å². The van der Waals surface area contributed by atoms with Crippen molar-refractivity contribution in [2.45, 2.75) is 18.9 Å². The van der Waals surface area contributed by atoms with Gasteiger partial charge in [0.05, 0.1) is 0 Å². The minimum atomic E-state index is -0.416. The number of likely N-dealkylation sites (tertiary alicyclic amines) is 1. The molecule has 5 rings (SSSR count). The van der Waals surface area contributed by atoms with Crippen molar-refractivity contribution >= 4 is 11.9 Å². The number of ether oxygens (including phenoxy) is 1. The Bertz CT molecular complexity index is 1020. The van der Waals surface area contributed by atoms with E-state index in [0.29, 0.717) is 23.4 Å². The normalized spacial score (nSPS) is 25.2. The van der Waals surface area contributed by atoms with E-state index in [1.807, 2.05) is 53.2 Å². The SMILES string of the molecule is O=C1OC(c2ccccc2)=N/C1=C\N1CC2CC(C1)c1cccc(=O)n1C2. The molecule has 1 aromatic heterocycles. The highest BCUT2D eigenvalue weighted by Crippen LogP contribution is 2.35. The van der Waals surface area contributed by atoms with Crippen molar-refractivity contribution in [2.75, 3.05) is 13.1 Å². The lowest BCUT2D eigenvalue weighted by Gasteiger charge is -2.42. The quantitative estimate of drug-likeness (QED) is 0.607. The number of pyridine rings is 1. The van der Waals surface area contributed by atoms with Gasteiger partial charge in [-0.05, 0) is 30.5 Å². The molecule has 0 N–H and O–H groups in total. The van der Waals surface area contributed by atoms with Crippen molar-refractivity contribution in [3.63, 3.8) is 0 Å². The van der Waals surface area contributed by atoms with E-state index in [2.05, 4.69) is 9.89 Å². The van der Waals surface area contributed by atoms with E-state index < -0.39 is 5.97 Å². The molecule has 1 saturated heterocycles. The molecule has 2 unspecified atom stereocenters. The molecule has 3 aliphatic rings. The summed E-state index contributed by atoms with van der Waals surface area (Å²) in [5.41, 5.74) is 2.28. The molecule has 6 heteroatoms. The van der Waals surface area contributed by atoms with E-state index in [1.54, 1.807) is 6.07 Å². The van der Waals surface area contributed by atoms with Crippen LogP contribution < -0.4 is 5.56 Å². The van der Waals surface area contributed by atoms with Gasteiger partial charge in [-0.2, -0.15) is 0 Å². The van der Waals surface area contributed by atoms with E-state index in [4.69, 9.17) is 4.74 Å². The second-order valence-corrected chi connectivity index (χ2v) is 7.34. The van der Waals surface area contributed by atoms with Crippen molar-refractivity contribution in [1.82, 2.24) is 9.47 Å². The molecule has 2 aromatic rings. The number of carbonyl (C=O) groups is 1. The number of aliphatic imine (C=N–C) groups is 1. The van der Waals surface area contributed by atoms with Crippen LogP contribution in [-0.4, -0.2) is 34.4 Å². The van der Waals surface area contributed by atoms with Gasteiger partial charge in [0.1, 0.15) is 0 Å². The number of rotatable bonds is 2. The van der Waals surface area contributed by atoms with Crippen molar-refractivity contribution in [2.24, 2.45) is 10.9 Å². The van der Waals surface area contributed by atoms with Gasteiger partial charge in [0.2, 0.25) is 5.90 Å². The van der Waals surface area contributed by atoms with Crippen LogP contribution in [0.15, 0.2) is 70.2 Å². The Morgan fingerprint density at radius 1 is 1.00 bits per heavy atom. The summed E-state index contributed by atoms with van der Waals surface area (Å²) >= 11 is 0. The topological polar surface area (TPSA) is 63.9 Å². The first-order valence-corrected chi connectivity index (χ1v) is 9.19. The number of fused-ring (bicyclic) bond motifs is 4. The lowest BCUT2D eigenvalue weighted by molar-refractivity contribution is -0.130. The second kappa shape index (κ2) is 6.23. The number of benzene rings is 1. The second-order valence-electron chi connectivity index (χ2n) is 7.34. The third-order valence-electron chi connectivity index (χ3n) is 5.45. The summed E-state index contributed by atoms with van der Waals surface area (Å²) in [4.78, 5) is 30.9. The zero-order chi connectivity index (χ0) is 18.4. The summed E-state index contributed by atoms with van der Waals surface area (Å²) in [6.07, 6.45) is 2.89. The maximum Gasteiger partial charge on any atom is 0.365 e. The fourth-order valence-corrected chi connectivity index (χ4v) is 4.32. The van der Waals surface area contributed by atoms with Crippen LogP contribution in [0, 0.1) is 5.92 Å². The third-order valence-corrected chi connectivity index (χ3v) is 5.45. The van der Waals surface area contributed by atoms with E-state index in [1.165, 1.54) is 0 Å². The minimum Gasteiger partial charge on any atom is -0.402 e. The van der Waals surface area contributed by atoms with E-state index in [-0.39, 0.29) is 5.56 Å². The molecule has 0 amide bonds. The molecular formula is C21H19N3O3. The molecule has 0 spiro atoms. The first-order valence-electron chi connectivity index (χ1n) is 9.19. The third kappa shape index (κ3) is 2.87. The van der Waals surface area contributed by atoms with Crippen molar-refractivity contribution in [3.05, 3.63) is 82.0 Å². The highest BCUT2D eigenvalue weighted by atomic mass is 16.6. The van der Waals surface area contributed by atoms with Crippen LogP contribution in [0.5, 0.6) is 0 Å². The largest absolute Gasteiger partial charge is 0.402 e. The minimum absolute atomic E-state index is 0.0745. The van der Waals surface area contributed by atoms with E-state index in [9.17, 15) is 9.59 Å². The van der Waals surface area contributed by atoms with Gasteiger partial charge < -0.3 is 14.2 Å². The zero-order valence-corrected chi connectivity index (χ0v) is 14.7. The molecule has 2 bridgehead atoms. The van der Waals surface area contributed by atoms with Gasteiger partial charge in [-0.3, -0.25) is 4.79 Å². The molecule has 1 aromatic carbocycles. The summed E-state index contributed by atoms with van der Waals surface area (Å²) in [6.45, 7) is 2.31. The summed E-state index contributed by atoms with van der Waals surface area (Å²) in [6, 6.07) is 14.9. The van der Waals surface area contributed by atoms with Crippen LogP contribution >= 0.6 is 0 Å². The van der Waals surface area contributed by atoms with E-state index >= 15 is 0 Å². The van der Waals surface area contributed by atoms with E-state index in [0.717, 1.165) is 37.3 Å². The molecular weight excluding hydrogens is 342 g/mol. The van der Waals surface area contributed by atoms with Gasteiger partial charge in [0.15, 0.2) is 5.70 Å². The molecule has 3 aliphatic heterocycles. The summed E-state index contributed by atoms with van der Waals surface area (Å²) < 4.78 is 7.24. The molecule has 0 saturated carbocycles. The number of aromatic nitrogens is 1. The number of piperidine rings is 1. The van der Waals surface area contributed by atoms with Crippen LogP contribution in [0.3, 0.4) is 0 Å². The van der Waals surface area contributed by atoms with Crippen LogP contribution in [0.25, 0.3) is 0 Å². The average molecular weight is 361 g/mol. The molecule has 0 radical (unpaired) electrons. The van der Waals surface area contributed by atoms with Gasteiger partial charge in [0, 0.05) is 49.1 Å². The number of hydrogen-bond donors (Lipinski definition) is 0. The average Bonchev–Trinajstić information content (AvgIpc) is 3.04. The molecule has 2 atom stereocenters. The Morgan fingerprint density at radius 3 is 2.70 bits per heavy atom. The van der Waals surface area contributed by atoms with Gasteiger partial charge in [-0.15, -0.1) is 0 Å².